The van der Waals surface area contributed by atoms with Gasteiger partial charge in [0.1, 0.15) is 0 Å². The first-order chi connectivity index (χ1) is 9.10. The Morgan fingerprint density at radius 3 is 2.95 bits per heavy atom. The van der Waals surface area contributed by atoms with Gasteiger partial charge >= 0.3 is 0 Å². The lowest BCUT2D eigenvalue weighted by Crippen LogP contribution is -2.32. The molecule has 1 fully saturated rings. The standard InChI is InChI=1S/C13H18N4O2/c1-15-13(19)10-4-2-8(14)6-11(10)16-7-9-3-5-12(18)17-9/h2,4,6,9,16H,3,5,7,14H2,1H3,(H,15,19)(H,17,18). The number of anilines is 2. The zero-order chi connectivity index (χ0) is 13.8. The minimum atomic E-state index is -0.169. The molecular formula is C13H18N4O2. The van der Waals surface area contributed by atoms with Crippen molar-refractivity contribution in [3.63, 3.8) is 0 Å². The first kappa shape index (κ1) is 13.2. The summed E-state index contributed by atoms with van der Waals surface area (Å²) in [4.78, 5) is 22.8. The molecule has 1 aromatic rings. The summed E-state index contributed by atoms with van der Waals surface area (Å²) in [5.74, 6) is -0.0937. The van der Waals surface area contributed by atoms with Crippen LogP contribution in [-0.4, -0.2) is 31.4 Å². The number of carbonyl (C=O) groups excluding carboxylic acids is 2. The van der Waals surface area contributed by atoms with Crippen LogP contribution in [0.2, 0.25) is 0 Å². The van der Waals surface area contributed by atoms with Crippen LogP contribution in [0.5, 0.6) is 0 Å². The van der Waals surface area contributed by atoms with E-state index in [0.29, 0.717) is 29.9 Å². The molecule has 6 heteroatoms. The highest BCUT2D eigenvalue weighted by Crippen LogP contribution is 2.20. The van der Waals surface area contributed by atoms with Gasteiger partial charge in [0.25, 0.3) is 5.91 Å². The van der Waals surface area contributed by atoms with Gasteiger partial charge < -0.3 is 21.7 Å². The third-order valence-electron chi connectivity index (χ3n) is 3.14. The molecule has 1 aliphatic heterocycles. The molecular weight excluding hydrogens is 244 g/mol. The van der Waals surface area contributed by atoms with Crippen molar-refractivity contribution < 1.29 is 9.59 Å². The minimum absolute atomic E-state index is 0.0749. The lowest BCUT2D eigenvalue weighted by molar-refractivity contribution is -0.119. The van der Waals surface area contributed by atoms with Crippen molar-refractivity contribution in [1.29, 1.82) is 0 Å². The van der Waals surface area contributed by atoms with Crippen molar-refractivity contribution in [1.82, 2.24) is 10.6 Å². The average Bonchev–Trinajstić information content (AvgIpc) is 2.81. The molecule has 2 amide bonds. The van der Waals surface area contributed by atoms with E-state index in [4.69, 9.17) is 5.73 Å². The molecule has 2 rings (SSSR count). The van der Waals surface area contributed by atoms with E-state index in [-0.39, 0.29) is 17.9 Å². The number of carbonyl (C=O) groups is 2. The van der Waals surface area contributed by atoms with Crippen LogP contribution in [0.4, 0.5) is 11.4 Å². The van der Waals surface area contributed by atoms with Crippen LogP contribution in [0.15, 0.2) is 18.2 Å². The van der Waals surface area contributed by atoms with Gasteiger partial charge in [0, 0.05) is 37.4 Å². The Hall–Kier alpha value is -2.24. The van der Waals surface area contributed by atoms with E-state index in [1.807, 2.05) is 0 Å². The van der Waals surface area contributed by atoms with Gasteiger partial charge in [0.15, 0.2) is 0 Å². The molecule has 102 valence electrons. The van der Waals surface area contributed by atoms with Gasteiger partial charge in [-0.15, -0.1) is 0 Å². The van der Waals surface area contributed by atoms with E-state index < -0.39 is 0 Å². The second-order valence-electron chi connectivity index (χ2n) is 4.57. The predicted octanol–water partition coefficient (Wildman–Crippen LogP) is 0.319. The Labute approximate surface area is 111 Å². The van der Waals surface area contributed by atoms with E-state index in [0.717, 1.165) is 6.42 Å². The maximum atomic E-state index is 11.7. The minimum Gasteiger partial charge on any atom is -0.399 e. The first-order valence-corrected chi connectivity index (χ1v) is 6.25. The first-order valence-electron chi connectivity index (χ1n) is 6.25. The quantitative estimate of drug-likeness (QED) is 0.587. The smallest absolute Gasteiger partial charge is 0.253 e. The normalized spacial score (nSPS) is 17.9. The highest BCUT2D eigenvalue weighted by atomic mass is 16.2. The number of benzene rings is 1. The number of nitrogens with one attached hydrogen (secondary N) is 3. The van der Waals surface area contributed by atoms with Gasteiger partial charge in [0.2, 0.25) is 5.91 Å². The number of nitrogen functional groups attached to an aromatic ring is 1. The van der Waals surface area contributed by atoms with E-state index in [1.165, 1.54) is 0 Å². The highest BCUT2D eigenvalue weighted by Gasteiger charge is 2.20. The third kappa shape index (κ3) is 3.15. The van der Waals surface area contributed by atoms with Crippen LogP contribution < -0.4 is 21.7 Å². The Kier molecular flexibility index (Phi) is 3.89. The molecule has 5 N–H and O–H groups in total. The van der Waals surface area contributed by atoms with Crippen LogP contribution in [-0.2, 0) is 4.79 Å². The van der Waals surface area contributed by atoms with Crippen LogP contribution in [0.3, 0.4) is 0 Å². The molecule has 0 spiro atoms. The summed E-state index contributed by atoms with van der Waals surface area (Å²) in [5, 5.41) is 8.63. The van der Waals surface area contributed by atoms with Crippen molar-refractivity contribution in [2.45, 2.75) is 18.9 Å². The molecule has 1 aromatic carbocycles. The molecule has 6 nitrogen and oxygen atoms in total. The zero-order valence-corrected chi connectivity index (χ0v) is 10.8. The topological polar surface area (TPSA) is 96.2 Å². The maximum Gasteiger partial charge on any atom is 0.253 e. The summed E-state index contributed by atoms with van der Waals surface area (Å²) in [6.07, 6.45) is 1.37. The molecule has 1 atom stereocenters. The van der Waals surface area contributed by atoms with Gasteiger partial charge in [0.05, 0.1) is 5.56 Å². The molecule has 0 radical (unpaired) electrons. The summed E-state index contributed by atoms with van der Waals surface area (Å²) < 4.78 is 0. The molecule has 0 aromatic heterocycles. The van der Waals surface area contributed by atoms with E-state index in [1.54, 1.807) is 25.2 Å². The van der Waals surface area contributed by atoms with Crippen LogP contribution in [0.25, 0.3) is 0 Å². The molecule has 1 saturated heterocycles. The molecule has 19 heavy (non-hydrogen) atoms. The molecule has 1 unspecified atom stereocenters. The second kappa shape index (κ2) is 5.60. The lowest BCUT2D eigenvalue weighted by atomic mass is 10.1. The van der Waals surface area contributed by atoms with Crippen molar-refractivity contribution >= 4 is 23.2 Å². The molecule has 0 saturated carbocycles. The number of nitrogens with two attached hydrogens (primary N) is 1. The molecule has 0 aliphatic carbocycles. The number of amides is 2. The van der Waals surface area contributed by atoms with E-state index in [2.05, 4.69) is 16.0 Å². The zero-order valence-electron chi connectivity index (χ0n) is 10.8. The van der Waals surface area contributed by atoms with E-state index >= 15 is 0 Å². The van der Waals surface area contributed by atoms with Crippen molar-refractivity contribution in [3.05, 3.63) is 23.8 Å². The summed E-state index contributed by atoms with van der Waals surface area (Å²) in [6.45, 7) is 0.583. The fraction of sp³-hybridized carbons (Fsp3) is 0.385. The van der Waals surface area contributed by atoms with Crippen molar-refractivity contribution in [3.8, 4) is 0 Å². The summed E-state index contributed by atoms with van der Waals surface area (Å²) in [6, 6.07) is 5.20. The van der Waals surface area contributed by atoms with Crippen LogP contribution in [0, 0.1) is 0 Å². The number of hydrogen-bond acceptors (Lipinski definition) is 4. The summed E-state index contributed by atoms with van der Waals surface area (Å²) in [5.41, 5.74) is 7.55. The van der Waals surface area contributed by atoms with Gasteiger partial charge in [-0.25, -0.2) is 0 Å². The van der Waals surface area contributed by atoms with Gasteiger partial charge in [-0.2, -0.15) is 0 Å². The highest BCUT2D eigenvalue weighted by molar-refractivity contribution is 6.00. The third-order valence-corrected chi connectivity index (χ3v) is 3.14. The van der Waals surface area contributed by atoms with Gasteiger partial charge in [-0.05, 0) is 24.6 Å². The average molecular weight is 262 g/mol. The predicted molar refractivity (Wildman–Crippen MR) is 73.9 cm³/mol. The van der Waals surface area contributed by atoms with Gasteiger partial charge in [-0.3, -0.25) is 9.59 Å². The van der Waals surface area contributed by atoms with Crippen molar-refractivity contribution in [2.24, 2.45) is 0 Å². The Morgan fingerprint density at radius 2 is 2.32 bits per heavy atom. The maximum absolute atomic E-state index is 11.7. The largest absolute Gasteiger partial charge is 0.399 e. The number of hydrogen-bond donors (Lipinski definition) is 4. The fourth-order valence-corrected chi connectivity index (χ4v) is 2.10. The number of rotatable bonds is 4. The lowest BCUT2D eigenvalue weighted by Gasteiger charge is -2.15. The molecule has 1 heterocycles. The summed E-state index contributed by atoms with van der Waals surface area (Å²) >= 11 is 0. The monoisotopic (exact) mass is 262 g/mol. The van der Waals surface area contributed by atoms with E-state index in [9.17, 15) is 9.59 Å². The fourth-order valence-electron chi connectivity index (χ4n) is 2.10. The molecule has 0 bridgehead atoms. The Balaban J connectivity index is 2.07. The second-order valence-corrected chi connectivity index (χ2v) is 4.57. The summed E-state index contributed by atoms with van der Waals surface area (Å²) in [7, 11) is 1.58. The SMILES string of the molecule is CNC(=O)c1ccc(N)cc1NCC1CCC(=O)N1. The molecule has 1 aliphatic rings. The van der Waals surface area contributed by atoms with Crippen LogP contribution >= 0.6 is 0 Å². The Morgan fingerprint density at radius 1 is 1.53 bits per heavy atom. The Bertz CT molecular complexity index is 501. The van der Waals surface area contributed by atoms with Gasteiger partial charge in [-0.1, -0.05) is 0 Å². The van der Waals surface area contributed by atoms with Crippen LogP contribution in [0.1, 0.15) is 23.2 Å². The van der Waals surface area contributed by atoms with Crippen molar-refractivity contribution in [2.75, 3.05) is 24.6 Å².